The first-order valence-corrected chi connectivity index (χ1v) is 7.63. The minimum Gasteiger partial charge on any atom is -0.297 e. The summed E-state index contributed by atoms with van der Waals surface area (Å²) in [4.78, 5) is 15.3. The summed E-state index contributed by atoms with van der Waals surface area (Å²) >= 11 is 0. The van der Waals surface area contributed by atoms with E-state index in [9.17, 15) is 4.79 Å². The molecule has 2 heteroatoms. The van der Waals surface area contributed by atoms with E-state index in [1.807, 2.05) is 0 Å². The van der Waals surface area contributed by atoms with E-state index >= 15 is 0 Å². The minimum atomic E-state index is -0.128. The Morgan fingerprint density at radius 1 is 1.11 bits per heavy atom. The van der Waals surface area contributed by atoms with Crippen molar-refractivity contribution in [2.24, 2.45) is 5.41 Å². The average molecular weight is 253 g/mol. The van der Waals surface area contributed by atoms with Gasteiger partial charge < -0.3 is 0 Å². The van der Waals surface area contributed by atoms with Crippen molar-refractivity contribution < 1.29 is 4.79 Å². The van der Waals surface area contributed by atoms with Crippen molar-refractivity contribution in [3.63, 3.8) is 0 Å². The van der Waals surface area contributed by atoms with Crippen LogP contribution in [0.15, 0.2) is 0 Å². The summed E-state index contributed by atoms with van der Waals surface area (Å²) in [5.74, 6) is 0.478. The van der Waals surface area contributed by atoms with Gasteiger partial charge in [-0.3, -0.25) is 9.69 Å². The minimum absolute atomic E-state index is 0.128. The first-order chi connectivity index (χ1) is 8.32. The third-order valence-electron chi connectivity index (χ3n) is 5.35. The van der Waals surface area contributed by atoms with E-state index in [1.54, 1.807) is 0 Å². The van der Waals surface area contributed by atoms with Gasteiger partial charge in [0.25, 0.3) is 0 Å². The van der Waals surface area contributed by atoms with Crippen molar-refractivity contribution in [1.29, 1.82) is 0 Å². The second kappa shape index (κ2) is 5.73. The Morgan fingerprint density at radius 3 is 2.11 bits per heavy atom. The van der Waals surface area contributed by atoms with E-state index in [2.05, 4.69) is 46.4 Å². The number of likely N-dealkylation sites (tertiary alicyclic amines) is 1. The number of hydrogen-bond acceptors (Lipinski definition) is 2. The van der Waals surface area contributed by atoms with Gasteiger partial charge in [0.1, 0.15) is 0 Å². The third kappa shape index (κ3) is 2.79. The number of hydrogen-bond donors (Lipinski definition) is 0. The maximum absolute atomic E-state index is 12.9. The monoisotopic (exact) mass is 253 g/mol. The van der Waals surface area contributed by atoms with E-state index in [4.69, 9.17) is 0 Å². The van der Waals surface area contributed by atoms with Gasteiger partial charge in [0.05, 0.1) is 6.04 Å². The van der Waals surface area contributed by atoms with Gasteiger partial charge in [-0.25, -0.2) is 0 Å². The zero-order chi connectivity index (χ0) is 14.0. The molecule has 0 aromatic carbocycles. The van der Waals surface area contributed by atoms with Crippen LogP contribution < -0.4 is 0 Å². The molecule has 106 valence electrons. The fourth-order valence-electron chi connectivity index (χ4n) is 2.97. The highest BCUT2D eigenvalue weighted by atomic mass is 16.1. The topological polar surface area (TPSA) is 20.3 Å². The molecule has 0 spiro atoms. The predicted molar refractivity (Wildman–Crippen MR) is 77.8 cm³/mol. The molecule has 1 aliphatic rings. The van der Waals surface area contributed by atoms with Crippen LogP contribution in [0.2, 0.25) is 0 Å². The Kier molecular flexibility index (Phi) is 4.99. The standard InChI is InChI=1S/C16H31NO/c1-7-15(4,5)17-12-10-11-13(17)14(18)16(6,8-2)9-3/h13H,7-12H2,1-6H3. The van der Waals surface area contributed by atoms with Gasteiger partial charge in [0, 0.05) is 11.0 Å². The Morgan fingerprint density at radius 2 is 1.67 bits per heavy atom. The van der Waals surface area contributed by atoms with Crippen molar-refractivity contribution in [1.82, 2.24) is 4.90 Å². The number of ketones is 1. The number of nitrogens with zero attached hydrogens (tertiary/aromatic N) is 1. The fourth-order valence-corrected chi connectivity index (χ4v) is 2.97. The molecule has 1 rings (SSSR count). The lowest BCUT2D eigenvalue weighted by Crippen LogP contribution is -2.52. The molecule has 0 amide bonds. The lowest BCUT2D eigenvalue weighted by Gasteiger charge is -2.41. The second-order valence-electron chi connectivity index (χ2n) is 6.65. The van der Waals surface area contributed by atoms with Crippen LogP contribution in [-0.4, -0.2) is 28.8 Å². The molecule has 0 aliphatic carbocycles. The fraction of sp³-hybridized carbons (Fsp3) is 0.938. The number of Topliss-reactive ketones (excluding diaryl/α,β-unsaturated/α-hetero) is 1. The summed E-state index contributed by atoms with van der Waals surface area (Å²) in [6, 6.07) is 0.157. The molecule has 1 fully saturated rings. The van der Waals surface area contributed by atoms with Crippen LogP contribution in [-0.2, 0) is 4.79 Å². The molecule has 1 unspecified atom stereocenters. The number of carbonyl (C=O) groups is 1. The van der Waals surface area contributed by atoms with Gasteiger partial charge in [-0.05, 0) is 52.5 Å². The smallest absolute Gasteiger partial charge is 0.155 e. The number of rotatable bonds is 6. The molecule has 0 bridgehead atoms. The van der Waals surface area contributed by atoms with Crippen molar-refractivity contribution in [2.75, 3.05) is 6.54 Å². The lowest BCUT2D eigenvalue weighted by atomic mass is 9.76. The second-order valence-corrected chi connectivity index (χ2v) is 6.65. The number of carbonyl (C=O) groups excluding carboxylic acids is 1. The molecule has 1 heterocycles. The van der Waals surface area contributed by atoms with Crippen molar-refractivity contribution in [3.8, 4) is 0 Å². The highest BCUT2D eigenvalue weighted by Crippen LogP contribution is 2.36. The molecule has 0 N–H and O–H groups in total. The zero-order valence-electron chi connectivity index (χ0n) is 13.2. The van der Waals surface area contributed by atoms with Crippen LogP contribution >= 0.6 is 0 Å². The summed E-state index contributed by atoms with van der Waals surface area (Å²) < 4.78 is 0. The molecular weight excluding hydrogens is 222 g/mol. The van der Waals surface area contributed by atoms with E-state index in [1.165, 1.54) is 6.42 Å². The van der Waals surface area contributed by atoms with Gasteiger partial charge in [0.15, 0.2) is 5.78 Å². The molecule has 0 aromatic heterocycles. The quantitative estimate of drug-likeness (QED) is 0.712. The highest BCUT2D eigenvalue weighted by Gasteiger charge is 2.43. The van der Waals surface area contributed by atoms with Gasteiger partial charge >= 0.3 is 0 Å². The molecule has 18 heavy (non-hydrogen) atoms. The van der Waals surface area contributed by atoms with Crippen LogP contribution in [0, 0.1) is 5.41 Å². The van der Waals surface area contributed by atoms with Crippen molar-refractivity contribution in [3.05, 3.63) is 0 Å². The Hall–Kier alpha value is -0.370. The Labute approximate surface area is 113 Å². The molecule has 0 saturated carbocycles. The van der Waals surface area contributed by atoms with Crippen molar-refractivity contribution in [2.45, 2.75) is 85.2 Å². The summed E-state index contributed by atoms with van der Waals surface area (Å²) in [5.41, 5.74) is 0.0241. The predicted octanol–water partition coefficient (Wildman–Crippen LogP) is 4.03. The summed E-state index contributed by atoms with van der Waals surface area (Å²) in [5, 5.41) is 0. The highest BCUT2D eigenvalue weighted by molar-refractivity contribution is 5.89. The first-order valence-electron chi connectivity index (χ1n) is 7.63. The molecule has 1 saturated heterocycles. The van der Waals surface area contributed by atoms with Gasteiger partial charge in [0.2, 0.25) is 0 Å². The Balaban J connectivity index is 2.91. The van der Waals surface area contributed by atoms with Crippen LogP contribution in [0.4, 0.5) is 0 Å². The van der Waals surface area contributed by atoms with E-state index < -0.39 is 0 Å². The largest absolute Gasteiger partial charge is 0.297 e. The molecule has 0 aromatic rings. The van der Waals surface area contributed by atoms with Gasteiger partial charge in [-0.2, -0.15) is 0 Å². The maximum atomic E-state index is 12.9. The van der Waals surface area contributed by atoms with Crippen LogP contribution in [0.5, 0.6) is 0 Å². The van der Waals surface area contributed by atoms with E-state index in [0.717, 1.165) is 32.2 Å². The van der Waals surface area contributed by atoms with Crippen LogP contribution in [0.1, 0.15) is 73.6 Å². The third-order valence-corrected chi connectivity index (χ3v) is 5.35. The summed E-state index contributed by atoms with van der Waals surface area (Å²) in [6.07, 6.45) is 5.24. The van der Waals surface area contributed by atoms with Crippen LogP contribution in [0.3, 0.4) is 0 Å². The van der Waals surface area contributed by atoms with E-state index in [-0.39, 0.29) is 17.0 Å². The molecule has 2 nitrogen and oxygen atoms in total. The average Bonchev–Trinajstić information content (AvgIpc) is 2.86. The molecule has 0 radical (unpaired) electrons. The summed E-state index contributed by atoms with van der Waals surface area (Å²) in [7, 11) is 0. The summed E-state index contributed by atoms with van der Waals surface area (Å²) in [6.45, 7) is 14.3. The first kappa shape index (κ1) is 15.7. The molecule has 1 atom stereocenters. The van der Waals surface area contributed by atoms with Crippen molar-refractivity contribution >= 4 is 5.78 Å². The zero-order valence-corrected chi connectivity index (χ0v) is 13.2. The SMILES string of the molecule is CCC(C)(CC)C(=O)C1CCCN1C(C)(C)CC. The molecular formula is C16H31NO. The van der Waals surface area contributed by atoms with Gasteiger partial charge in [-0.15, -0.1) is 0 Å². The maximum Gasteiger partial charge on any atom is 0.155 e. The molecule has 1 aliphatic heterocycles. The van der Waals surface area contributed by atoms with Crippen LogP contribution in [0.25, 0.3) is 0 Å². The normalized spacial score (nSPS) is 22.4. The van der Waals surface area contributed by atoms with Gasteiger partial charge in [-0.1, -0.05) is 27.7 Å². The lowest BCUT2D eigenvalue weighted by molar-refractivity contribution is -0.135. The Bertz CT molecular complexity index is 291. The van der Waals surface area contributed by atoms with E-state index in [0.29, 0.717) is 5.78 Å².